The summed E-state index contributed by atoms with van der Waals surface area (Å²) in [7, 11) is -3.69. The van der Waals surface area contributed by atoms with Crippen molar-refractivity contribution in [2.45, 2.75) is 30.6 Å². The van der Waals surface area contributed by atoms with Crippen LogP contribution in [0.15, 0.2) is 27.6 Å². The van der Waals surface area contributed by atoms with E-state index in [0.717, 1.165) is 5.56 Å². The summed E-state index contributed by atoms with van der Waals surface area (Å²) < 4.78 is 24.4. The zero-order valence-corrected chi connectivity index (χ0v) is 11.2. The molecule has 1 rings (SSSR count). The highest BCUT2D eigenvalue weighted by Gasteiger charge is 2.33. The van der Waals surface area contributed by atoms with E-state index in [1.807, 2.05) is 6.92 Å². The number of aliphatic hydroxyl groups is 1. The Morgan fingerprint density at radius 3 is 2.27 bits per heavy atom. The molecule has 0 atom stereocenters. The van der Waals surface area contributed by atoms with Crippen LogP contribution < -0.4 is 0 Å². The highest BCUT2D eigenvalue weighted by atomic mass is 79.9. The Balaban J connectivity index is 3.36. The molecule has 0 fully saturated rings. The van der Waals surface area contributed by atoms with E-state index in [4.69, 9.17) is 0 Å². The van der Waals surface area contributed by atoms with Gasteiger partial charge in [0.05, 0.1) is 4.90 Å². The SMILES string of the molecule is Cc1ccc(S(=O)(=O)C(C)(C)O)cc1Br. The minimum absolute atomic E-state index is 0.118. The number of aryl methyl sites for hydroxylation is 1. The van der Waals surface area contributed by atoms with E-state index in [2.05, 4.69) is 15.9 Å². The fourth-order valence-corrected chi connectivity index (χ4v) is 2.66. The predicted molar refractivity (Wildman–Crippen MR) is 62.4 cm³/mol. The largest absolute Gasteiger partial charge is 0.374 e. The Morgan fingerprint density at radius 1 is 1.33 bits per heavy atom. The van der Waals surface area contributed by atoms with Crippen molar-refractivity contribution in [3.05, 3.63) is 28.2 Å². The molecule has 0 heterocycles. The minimum Gasteiger partial charge on any atom is -0.374 e. The first kappa shape index (κ1) is 12.7. The van der Waals surface area contributed by atoms with Gasteiger partial charge in [0.25, 0.3) is 0 Å². The zero-order valence-electron chi connectivity index (χ0n) is 8.78. The summed E-state index contributed by atoms with van der Waals surface area (Å²) in [6, 6.07) is 4.69. The molecule has 1 aromatic carbocycles. The summed E-state index contributed by atoms with van der Waals surface area (Å²) in [5.41, 5.74) is 0.949. The van der Waals surface area contributed by atoms with Crippen molar-refractivity contribution < 1.29 is 13.5 Å². The van der Waals surface area contributed by atoms with E-state index in [0.29, 0.717) is 4.47 Å². The first-order chi connectivity index (χ1) is 6.66. The van der Waals surface area contributed by atoms with Crippen LogP contribution >= 0.6 is 15.9 Å². The molecule has 0 unspecified atom stereocenters. The molecule has 84 valence electrons. The normalized spacial score (nSPS) is 12.9. The van der Waals surface area contributed by atoms with Crippen molar-refractivity contribution in [2.75, 3.05) is 0 Å². The molecule has 0 aliphatic heterocycles. The van der Waals surface area contributed by atoms with Gasteiger partial charge in [-0.3, -0.25) is 0 Å². The van der Waals surface area contributed by atoms with Crippen LogP contribution in [-0.2, 0) is 9.84 Å². The van der Waals surface area contributed by atoms with Gasteiger partial charge in [-0.15, -0.1) is 0 Å². The van der Waals surface area contributed by atoms with E-state index < -0.39 is 14.8 Å². The second kappa shape index (κ2) is 3.88. The highest BCUT2D eigenvalue weighted by Crippen LogP contribution is 2.26. The lowest BCUT2D eigenvalue weighted by Gasteiger charge is -2.18. The molecule has 0 saturated heterocycles. The van der Waals surface area contributed by atoms with Gasteiger partial charge in [-0.2, -0.15) is 0 Å². The third kappa shape index (κ3) is 2.41. The minimum atomic E-state index is -3.69. The predicted octanol–water partition coefficient (Wildman–Crippen LogP) is 2.26. The summed E-state index contributed by atoms with van der Waals surface area (Å²) in [6.45, 7) is 4.39. The number of rotatable bonds is 2. The maximum atomic E-state index is 11.8. The molecule has 0 saturated carbocycles. The second-order valence-corrected chi connectivity index (χ2v) is 7.19. The molecular formula is C10H13BrO3S. The molecule has 0 amide bonds. The molecule has 0 aliphatic rings. The van der Waals surface area contributed by atoms with Gasteiger partial charge < -0.3 is 5.11 Å². The number of hydrogen-bond donors (Lipinski definition) is 1. The number of sulfone groups is 1. The highest BCUT2D eigenvalue weighted by molar-refractivity contribution is 9.10. The molecule has 1 N–H and O–H groups in total. The molecular weight excluding hydrogens is 280 g/mol. The van der Waals surface area contributed by atoms with Crippen LogP contribution in [-0.4, -0.2) is 18.5 Å². The third-order valence-electron chi connectivity index (χ3n) is 2.11. The van der Waals surface area contributed by atoms with Crippen LogP contribution in [0, 0.1) is 6.92 Å². The van der Waals surface area contributed by atoms with Crippen molar-refractivity contribution >= 4 is 25.8 Å². The summed E-state index contributed by atoms with van der Waals surface area (Å²) >= 11 is 3.26. The lowest BCUT2D eigenvalue weighted by atomic mass is 10.2. The maximum absolute atomic E-state index is 11.8. The second-order valence-electron chi connectivity index (χ2n) is 3.86. The van der Waals surface area contributed by atoms with E-state index in [-0.39, 0.29) is 4.90 Å². The van der Waals surface area contributed by atoms with Gasteiger partial charge in [-0.25, -0.2) is 8.42 Å². The average Bonchev–Trinajstić information content (AvgIpc) is 2.07. The van der Waals surface area contributed by atoms with Crippen molar-refractivity contribution in [1.29, 1.82) is 0 Å². The van der Waals surface area contributed by atoms with Crippen molar-refractivity contribution in [3.8, 4) is 0 Å². The van der Waals surface area contributed by atoms with Gasteiger partial charge in [0, 0.05) is 4.47 Å². The van der Waals surface area contributed by atoms with Crippen LogP contribution in [0.3, 0.4) is 0 Å². The molecule has 0 aromatic heterocycles. The number of halogens is 1. The molecule has 1 aromatic rings. The molecule has 0 spiro atoms. The van der Waals surface area contributed by atoms with Gasteiger partial charge in [-0.1, -0.05) is 22.0 Å². The molecule has 5 heteroatoms. The van der Waals surface area contributed by atoms with Crippen LogP contribution in [0.1, 0.15) is 19.4 Å². The van der Waals surface area contributed by atoms with E-state index in [9.17, 15) is 13.5 Å². The smallest absolute Gasteiger partial charge is 0.207 e. The molecule has 0 bridgehead atoms. The summed E-state index contributed by atoms with van der Waals surface area (Å²) in [6.07, 6.45) is 0. The number of benzene rings is 1. The Bertz CT molecular complexity index is 472. The van der Waals surface area contributed by atoms with Crippen LogP contribution in [0.25, 0.3) is 0 Å². The van der Waals surface area contributed by atoms with Gasteiger partial charge in [0.15, 0.2) is 4.93 Å². The van der Waals surface area contributed by atoms with Crippen LogP contribution in [0.5, 0.6) is 0 Å². The monoisotopic (exact) mass is 292 g/mol. The Labute approximate surface area is 98.2 Å². The topological polar surface area (TPSA) is 54.4 Å². The van der Waals surface area contributed by atoms with Crippen molar-refractivity contribution in [3.63, 3.8) is 0 Å². The Kier molecular flexibility index (Phi) is 3.28. The lowest BCUT2D eigenvalue weighted by molar-refractivity contribution is 0.165. The Hall–Kier alpha value is -0.390. The first-order valence-corrected chi connectivity index (χ1v) is 6.67. The van der Waals surface area contributed by atoms with Crippen molar-refractivity contribution in [1.82, 2.24) is 0 Å². The van der Waals surface area contributed by atoms with E-state index in [1.54, 1.807) is 6.07 Å². The van der Waals surface area contributed by atoms with Crippen molar-refractivity contribution in [2.24, 2.45) is 0 Å². The standard InChI is InChI=1S/C10H13BrO3S/c1-7-4-5-8(6-9(7)11)15(13,14)10(2,3)12/h4-6,12H,1-3H3. The van der Waals surface area contributed by atoms with Gasteiger partial charge in [0.1, 0.15) is 0 Å². The fraction of sp³-hybridized carbons (Fsp3) is 0.400. The number of hydrogen-bond acceptors (Lipinski definition) is 3. The average molecular weight is 293 g/mol. The van der Waals surface area contributed by atoms with E-state index in [1.165, 1.54) is 26.0 Å². The summed E-state index contributed by atoms with van der Waals surface area (Å²) in [4.78, 5) is -1.64. The van der Waals surface area contributed by atoms with Gasteiger partial charge in [-0.05, 0) is 38.5 Å². The molecule has 15 heavy (non-hydrogen) atoms. The fourth-order valence-electron chi connectivity index (χ4n) is 1.03. The quantitative estimate of drug-likeness (QED) is 0.910. The lowest BCUT2D eigenvalue weighted by Crippen LogP contribution is -2.31. The van der Waals surface area contributed by atoms with Gasteiger partial charge >= 0.3 is 0 Å². The molecule has 0 aliphatic carbocycles. The van der Waals surface area contributed by atoms with Crippen LogP contribution in [0.2, 0.25) is 0 Å². The summed E-state index contributed by atoms with van der Waals surface area (Å²) in [5.74, 6) is 0. The zero-order chi connectivity index (χ0) is 11.9. The summed E-state index contributed by atoms with van der Waals surface area (Å²) in [5, 5.41) is 9.56. The molecule has 3 nitrogen and oxygen atoms in total. The first-order valence-electron chi connectivity index (χ1n) is 4.39. The van der Waals surface area contributed by atoms with E-state index >= 15 is 0 Å². The maximum Gasteiger partial charge on any atom is 0.207 e. The van der Waals surface area contributed by atoms with Gasteiger partial charge in [0.2, 0.25) is 9.84 Å². The third-order valence-corrected chi connectivity index (χ3v) is 5.16. The Morgan fingerprint density at radius 2 is 1.87 bits per heavy atom. The molecule has 0 radical (unpaired) electrons. The van der Waals surface area contributed by atoms with Crippen LogP contribution in [0.4, 0.5) is 0 Å².